The first-order chi connectivity index (χ1) is 12.6. The van der Waals surface area contributed by atoms with Crippen LogP contribution in [0, 0.1) is 0 Å². The number of carbonyl (C=O) groups is 1. The molecule has 1 aromatic heterocycles. The van der Waals surface area contributed by atoms with Crippen LogP contribution < -0.4 is 15.1 Å². The van der Waals surface area contributed by atoms with E-state index in [4.69, 9.17) is 0 Å². The average molecular weight is 352 g/mol. The van der Waals surface area contributed by atoms with Crippen molar-refractivity contribution in [2.24, 2.45) is 0 Å². The molecule has 2 heterocycles. The van der Waals surface area contributed by atoms with Crippen LogP contribution in [0.4, 0.5) is 11.5 Å². The van der Waals surface area contributed by atoms with Crippen LogP contribution in [-0.4, -0.2) is 38.1 Å². The van der Waals surface area contributed by atoms with Gasteiger partial charge in [0.05, 0.1) is 0 Å². The van der Waals surface area contributed by atoms with Crippen molar-refractivity contribution in [1.82, 2.24) is 10.3 Å². The molecule has 0 spiro atoms. The molecule has 0 radical (unpaired) electrons. The van der Waals surface area contributed by atoms with Crippen molar-refractivity contribution < 1.29 is 4.79 Å². The Kier molecular flexibility index (Phi) is 6.10. The molecule has 0 aliphatic carbocycles. The van der Waals surface area contributed by atoms with Crippen molar-refractivity contribution in [2.75, 3.05) is 37.0 Å². The zero-order valence-corrected chi connectivity index (χ0v) is 15.7. The fourth-order valence-corrected chi connectivity index (χ4v) is 3.20. The zero-order valence-electron chi connectivity index (χ0n) is 15.7. The molecule has 1 aromatic carbocycles. The molecule has 138 valence electrons. The Morgan fingerprint density at radius 3 is 2.31 bits per heavy atom. The van der Waals surface area contributed by atoms with Crippen molar-refractivity contribution in [3.8, 4) is 0 Å². The molecule has 0 atom stereocenters. The molecule has 5 heteroatoms. The number of rotatable bonds is 5. The molecule has 2 aromatic rings. The van der Waals surface area contributed by atoms with E-state index >= 15 is 0 Å². The number of hydrogen-bond acceptors (Lipinski definition) is 4. The van der Waals surface area contributed by atoms with E-state index in [2.05, 4.69) is 27.3 Å². The predicted molar refractivity (Wildman–Crippen MR) is 107 cm³/mol. The molecule has 0 unspecified atom stereocenters. The van der Waals surface area contributed by atoms with E-state index in [-0.39, 0.29) is 5.91 Å². The normalized spacial score (nSPS) is 14.6. The van der Waals surface area contributed by atoms with Gasteiger partial charge in [0, 0.05) is 51.2 Å². The average Bonchev–Trinajstić information content (AvgIpc) is 2.96. The number of pyridine rings is 1. The van der Waals surface area contributed by atoms with Crippen molar-refractivity contribution in [3.63, 3.8) is 0 Å². The third kappa shape index (κ3) is 4.75. The molecular formula is C21H28N4O. The summed E-state index contributed by atoms with van der Waals surface area (Å²) >= 11 is 0. The molecule has 3 rings (SSSR count). The second kappa shape index (κ2) is 8.70. The summed E-state index contributed by atoms with van der Waals surface area (Å²) in [4.78, 5) is 21.3. The van der Waals surface area contributed by atoms with Crippen LogP contribution in [0.2, 0.25) is 0 Å². The summed E-state index contributed by atoms with van der Waals surface area (Å²) in [5.74, 6) is 0.980. The van der Waals surface area contributed by atoms with E-state index in [1.165, 1.54) is 25.7 Å². The standard InChI is InChI=1S/C21H28N4O/c1-24(2)19-10-8-18(9-11-19)21(26)23-16-17-7-12-20(22-15-17)25-13-5-3-4-6-14-25/h7-12,15H,3-6,13-14,16H2,1-2H3,(H,23,26). The summed E-state index contributed by atoms with van der Waals surface area (Å²) in [6.45, 7) is 2.67. The Labute approximate surface area is 156 Å². The number of aromatic nitrogens is 1. The molecule has 1 N–H and O–H groups in total. The topological polar surface area (TPSA) is 48.5 Å². The van der Waals surface area contributed by atoms with Gasteiger partial charge in [-0.2, -0.15) is 0 Å². The van der Waals surface area contributed by atoms with E-state index in [1.807, 2.05) is 49.5 Å². The molecule has 1 fully saturated rings. The van der Waals surface area contributed by atoms with Crippen molar-refractivity contribution >= 4 is 17.4 Å². The lowest BCUT2D eigenvalue weighted by atomic mass is 10.2. The summed E-state index contributed by atoms with van der Waals surface area (Å²) < 4.78 is 0. The van der Waals surface area contributed by atoms with Crippen molar-refractivity contribution in [3.05, 3.63) is 53.7 Å². The smallest absolute Gasteiger partial charge is 0.251 e. The van der Waals surface area contributed by atoms with Gasteiger partial charge < -0.3 is 15.1 Å². The van der Waals surface area contributed by atoms with Crippen LogP contribution in [0.1, 0.15) is 41.6 Å². The molecule has 1 aliphatic heterocycles. The van der Waals surface area contributed by atoms with Crippen LogP contribution in [0.15, 0.2) is 42.6 Å². The minimum Gasteiger partial charge on any atom is -0.378 e. The van der Waals surface area contributed by atoms with Crippen molar-refractivity contribution in [1.29, 1.82) is 0 Å². The largest absolute Gasteiger partial charge is 0.378 e. The minimum atomic E-state index is -0.0631. The van der Waals surface area contributed by atoms with E-state index in [0.29, 0.717) is 12.1 Å². The van der Waals surface area contributed by atoms with Crippen LogP contribution >= 0.6 is 0 Å². The first kappa shape index (κ1) is 18.2. The number of benzene rings is 1. The molecule has 1 amide bonds. The maximum absolute atomic E-state index is 12.3. The number of carbonyl (C=O) groups excluding carboxylic acids is 1. The Morgan fingerprint density at radius 2 is 1.73 bits per heavy atom. The lowest BCUT2D eigenvalue weighted by Gasteiger charge is -2.21. The van der Waals surface area contributed by atoms with Gasteiger partial charge in [-0.15, -0.1) is 0 Å². The summed E-state index contributed by atoms with van der Waals surface area (Å²) in [6.07, 6.45) is 6.99. The summed E-state index contributed by atoms with van der Waals surface area (Å²) in [5.41, 5.74) is 2.77. The maximum Gasteiger partial charge on any atom is 0.251 e. The summed E-state index contributed by atoms with van der Waals surface area (Å²) in [5, 5.41) is 2.97. The lowest BCUT2D eigenvalue weighted by Crippen LogP contribution is -2.25. The number of hydrogen-bond donors (Lipinski definition) is 1. The highest BCUT2D eigenvalue weighted by Crippen LogP contribution is 2.17. The van der Waals surface area contributed by atoms with Gasteiger partial charge in [0.15, 0.2) is 0 Å². The van der Waals surface area contributed by atoms with Crippen LogP contribution in [-0.2, 0) is 6.54 Å². The van der Waals surface area contributed by atoms with Crippen LogP contribution in [0.5, 0.6) is 0 Å². The minimum absolute atomic E-state index is 0.0631. The third-order valence-electron chi connectivity index (χ3n) is 4.84. The highest BCUT2D eigenvalue weighted by molar-refractivity contribution is 5.94. The van der Waals surface area contributed by atoms with E-state index in [1.54, 1.807) is 0 Å². The number of amides is 1. The third-order valence-corrected chi connectivity index (χ3v) is 4.84. The fourth-order valence-electron chi connectivity index (χ4n) is 3.20. The van der Waals surface area contributed by atoms with E-state index < -0.39 is 0 Å². The lowest BCUT2D eigenvalue weighted by molar-refractivity contribution is 0.0951. The number of anilines is 2. The highest BCUT2D eigenvalue weighted by Gasteiger charge is 2.11. The first-order valence-electron chi connectivity index (χ1n) is 9.39. The molecular weight excluding hydrogens is 324 g/mol. The summed E-state index contributed by atoms with van der Waals surface area (Å²) in [7, 11) is 3.97. The monoisotopic (exact) mass is 352 g/mol. The number of nitrogens with zero attached hydrogens (tertiary/aromatic N) is 3. The summed E-state index contributed by atoms with van der Waals surface area (Å²) in [6, 6.07) is 11.7. The Bertz CT molecular complexity index is 702. The molecule has 1 aliphatic rings. The molecule has 1 saturated heterocycles. The molecule has 0 saturated carbocycles. The SMILES string of the molecule is CN(C)c1ccc(C(=O)NCc2ccc(N3CCCCCC3)nc2)cc1. The number of nitrogens with one attached hydrogen (secondary N) is 1. The van der Waals surface area contributed by atoms with Gasteiger partial charge in [-0.3, -0.25) is 4.79 Å². The fraction of sp³-hybridized carbons (Fsp3) is 0.429. The van der Waals surface area contributed by atoms with Gasteiger partial charge in [0.1, 0.15) is 5.82 Å². The molecule has 0 bridgehead atoms. The van der Waals surface area contributed by atoms with E-state index in [0.717, 1.165) is 30.2 Å². The predicted octanol–water partition coefficient (Wildman–Crippen LogP) is 3.46. The van der Waals surface area contributed by atoms with Crippen LogP contribution in [0.25, 0.3) is 0 Å². The van der Waals surface area contributed by atoms with E-state index in [9.17, 15) is 4.79 Å². The quantitative estimate of drug-likeness (QED) is 0.895. The second-order valence-corrected chi connectivity index (χ2v) is 7.05. The van der Waals surface area contributed by atoms with Gasteiger partial charge in [-0.05, 0) is 48.7 Å². The Hall–Kier alpha value is -2.56. The molecule has 26 heavy (non-hydrogen) atoms. The van der Waals surface area contributed by atoms with Gasteiger partial charge in [-0.1, -0.05) is 18.9 Å². The van der Waals surface area contributed by atoms with Crippen molar-refractivity contribution in [2.45, 2.75) is 32.2 Å². The highest BCUT2D eigenvalue weighted by atomic mass is 16.1. The van der Waals surface area contributed by atoms with Gasteiger partial charge in [0.2, 0.25) is 0 Å². The molecule has 5 nitrogen and oxygen atoms in total. The zero-order chi connectivity index (χ0) is 18.4. The van der Waals surface area contributed by atoms with Gasteiger partial charge >= 0.3 is 0 Å². The Balaban J connectivity index is 1.54. The van der Waals surface area contributed by atoms with Gasteiger partial charge in [0.25, 0.3) is 5.91 Å². The maximum atomic E-state index is 12.3. The Morgan fingerprint density at radius 1 is 1.04 bits per heavy atom. The van der Waals surface area contributed by atoms with Crippen LogP contribution in [0.3, 0.4) is 0 Å². The second-order valence-electron chi connectivity index (χ2n) is 7.05. The first-order valence-corrected chi connectivity index (χ1v) is 9.39. The van der Waals surface area contributed by atoms with Gasteiger partial charge in [-0.25, -0.2) is 4.98 Å².